The van der Waals surface area contributed by atoms with Crippen LogP contribution in [0.2, 0.25) is 0 Å². The van der Waals surface area contributed by atoms with Crippen LogP contribution in [0.15, 0.2) is 0 Å². The molecule has 1 rings (SSSR count). The Morgan fingerprint density at radius 2 is 1.94 bits per heavy atom. The number of nitrogens with two attached hydrogens (primary N) is 1. The van der Waals surface area contributed by atoms with Crippen LogP contribution in [0.4, 0.5) is 0 Å². The first-order valence-electron chi connectivity index (χ1n) is 6.16. The third-order valence-electron chi connectivity index (χ3n) is 3.25. The molecule has 1 aliphatic rings. The predicted octanol–water partition coefficient (Wildman–Crippen LogP) is 0.197. The van der Waals surface area contributed by atoms with Crippen LogP contribution in [0.5, 0.6) is 0 Å². The van der Waals surface area contributed by atoms with Crippen molar-refractivity contribution < 1.29 is 13.2 Å². The summed E-state index contributed by atoms with van der Waals surface area (Å²) in [6.07, 6.45) is 5.33. The first-order chi connectivity index (χ1) is 7.95. The van der Waals surface area contributed by atoms with Crippen molar-refractivity contribution in [3.63, 3.8) is 0 Å². The second-order valence-electron chi connectivity index (χ2n) is 4.76. The lowest BCUT2D eigenvalue weighted by molar-refractivity contribution is -0.119. The molecule has 0 radical (unpaired) electrons. The topological polar surface area (TPSA) is 89.3 Å². The van der Waals surface area contributed by atoms with Gasteiger partial charge < -0.3 is 11.1 Å². The molecule has 17 heavy (non-hydrogen) atoms. The number of carbonyl (C=O) groups is 1. The average molecular weight is 262 g/mol. The van der Waals surface area contributed by atoms with Gasteiger partial charge in [0.2, 0.25) is 5.91 Å². The number of carbonyl (C=O) groups excluding carboxylic acids is 1. The quantitative estimate of drug-likeness (QED) is 0.740. The van der Waals surface area contributed by atoms with Gasteiger partial charge in [-0.1, -0.05) is 19.3 Å². The summed E-state index contributed by atoms with van der Waals surface area (Å²) in [4.78, 5) is 11.6. The third kappa shape index (κ3) is 4.63. The highest BCUT2D eigenvalue weighted by Gasteiger charge is 2.24. The smallest absolute Gasteiger partial charge is 0.235 e. The van der Waals surface area contributed by atoms with Gasteiger partial charge in [0.1, 0.15) is 5.75 Å². The summed E-state index contributed by atoms with van der Waals surface area (Å²) in [5, 5.41) is 2.14. The molecule has 0 spiro atoms. The summed E-state index contributed by atoms with van der Waals surface area (Å²) < 4.78 is 23.3. The Bertz CT molecular complexity index is 348. The minimum Gasteiger partial charge on any atom is -0.352 e. The molecule has 1 atom stereocenters. The van der Waals surface area contributed by atoms with Crippen LogP contribution in [0.1, 0.15) is 39.0 Å². The third-order valence-corrected chi connectivity index (χ3v) is 5.33. The Kier molecular flexibility index (Phi) is 5.39. The van der Waals surface area contributed by atoms with Gasteiger partial charge in [0.05, 0.1) is 5.25 Å². The first kappa shape index (κ1) is 14.4. The zero-order valence-electron chi connectivity index (χ0n) is 10.3. The van der Waals surface area contributed by atoms with Gasteiger partial charge in [-0.15, -0.1) is 0 Å². The molecule has 0 bridgehead atoms. The maximum Gasteiger partial charge on any atom is 0.235 e. The lowest BCUT2D eigenvalue weighted by Crippen LogP contribution is -2.42. The highest BCUT2D eigenvalue weighted by molar-refractivity contribution is 7.92. The van der Waals surface area contributed by atoms with E-state index >= 15 is 0 Å². The largest absolute Gasteiger partial charge is 0.352 e. The van der Waals surface area contributed by atoms with Gasteiger partial charge in [0.15, 0.2) is 9.84 Å². The average Bonchev–Trinajstić information content (AvgIpc) is 2.28. The van der Waals surface area contributed by atoms with Crippen molar-refractivity contribution in [3.8, 4) is 0 Å². The van der Waals surface area contributed by atoms with Gasteiger partial charge in [0.25, 0.3) is 0 Å². The monoisotopic (exact) mass is 262 g/mol. The Morgan fingerprint density at radius 3 is 2.47 bits per heavy atom. The summed E-state index contributed by atoms with van der Waals surface area (Å²) in [6.45, 7) is 1.59. The zero-order valence-corrected chi connectivity index (χ0v) is 11.1. The van der Waals surface area contributed by atoms with E-state index in [0.717, 1.165) is 25.7 Å². The van der Waals surface area contributed by atoms with E-state index in [4.69, 9.17) is 5.73 Å². The molecule has 1 aliphatic carbocycles. The van der Waals surface area contributed by atoms with Gasteiger partial charge in [-0.2, -0.15) is 0 Å². The van der Waals surface area contributed by atoms with Gasteiger partial charge >= 0.3 is 0 Å². The molecule has 0 aromatic heterocycles. The van der Waals surface area contributed by atoms with Crippen molar-refractivity contribution in [2.45, 2.75) is 50.3 Å². The van der Waals surface area contributed by atoms with Crippen LogP contribution in [0.3, 0.4) is 0 Å². The van der Waals surface area contributed by atoms with E-state index in [1.54, 1.807) is 0 Å². The molecule has 0 aromatic rings. The molecule has 3 N–H and O–H groups in total. The van der Waals surface area contributed by atoms with Crippen molar-refractivity contribution in [2.24, 2.45) is 5.73 Å². The van der Waals surface area contributed by atoms with Crippen molar-refractivity contribution in [3.05, 3.63) is 0 Å². The van der Waals surface area contributed by atoms with Crippen LogP contribution in [0.25, 0.3) is 0 Å². The second kappa shape index (κ2) is 6.35. The number of hydrogen-bond acceptors (Lipinski definition) is 4. The number of sulfone groups is 1. The normalized spacial score (nSPS) is 19.9. The van der Waals surface area contributed by atoms with E-state index in [1.165, 1.54) is 13.3 Å². The van der Waals surface area contributed by atoms with E-state index in [1.807, 2.05) is 0 Å². The lowest BCUT2D eigenvalue weighted by Gasteiger charge is -2.23. The standard InChI is InChI=1S/C11H22N2O3S/c1-9(7-12)17(15,16)8-11(14)13-10-5-3-2-4-6-10/h9-10H,2-8,12H2,1H3,(H,13,14). The highest BCUT2D eigenvalue weighted by Crippen LogP contribution is 2.17. The number of nitrogens with one attached hydrogen (secondary N) is 1. The van der Waals surface area contributed by atoms with Gasteiger partial charge in [-0.25, -0.2) is 8.42 Å². The summed E-state index contributed by atoms with van der Waals surface area (Å²) in [6, 6.07) is 0.152. The van der Waals surface area contributed by atoms with Crippen LogP contribution < -0.4 is 11.1 Å². The summed E-state index contributed by atoms with van der Waals surface area (Å²) >= 11 is 0. The van der Waals surface area contributed by atoms with Gasteiger partial charge in [-0.3, -0.25) is 4.79 Å². The van der Waals surface area contributed by atoms with Crippen LogP contribution in [-0.4, -0.2) is 37.9 Å². The van der Waals surface area contributed by atoms with Crippen molar-refractivity contribution in [2.75, 3.05) is 12.3 Å². The molecule has 0 saturated heterocycles. The SMILES string of the molecule is CC(CN)S(=O)(=O)CC(=O)NC1CCCCC1. The summed E-state index contributed by atoms with van der Waals surface area (Å²) in [5.41, 5.74) is 5.31. The van der Waals surface area contributed by atoms with Crippen LogP contribution >= 0.6 is 0 Å². The maximum absolute atomic E-state index is 11.7. The molecular weight excluding hydrogens is 240 g/mol. The van der Waals surface area contributed by atoms with Crippen molar-refractivity contribution in [1.29, 1.82) is 0 Å². The van der Waals surface area contributed by atoms with Crippen LogP contribution in [-0.2, 0) is 14.6 Å². The summed E-state index contributed by atoms with van der Waals surface area (Å²) in [5.74, 6) is -0.834. The fourth-order valence-electron chi connectivity index (χ4n) is 1.99. The minimum atomic E-state index is -3.40. The number of rotatable bonds is 5. The molecule has 1 unspecified atom stereocenters. The van der Waals surface area contributed by atoms with Crippen molar-refractivity contribution >= 4 is 15.7 Å². The second-order valence-corrected chi connectivity index (χ2v) is 7.18. The molecule has 6 heteroatoms. The number of hydrogen-bond donors (Lipinski definition) is 2. The molecule has 1 amide bonds. The predicted molar refractivity (Wildman–Crippen MR) is 67.3 cm³/mol. The molecular formula is C11H22N2O3S. The van der Waals surface area contributed by atoms with E-state index in [9.17, 15) is 13.2 Å². The van der Waals surface area contributed by atoms with E-state index in [2.05, 4.69) is 5.32 Å². The Hall–Kier alpha value is -0.620. The first-order valence-corrected chi connectivity index (χ1v) is 7.88. The maximum atomic E-state index is 11.7. The highest BCUT2D eigenvalue weighted by atomic mass is 32.2. The molecule has 1 fully saturated rings. The Balaban J connectivity index is 2.43. The molecule has 0 aliphatic heterocycles. The van der Waals surface area contributed by atoms with Gasteiger partial charge in [0, 0.05) is 12.6 Å². The van der Waals surface area contributed by atoms with Crippen LogP contribution in [0, 0.1) is 0 Å². The van der Waals surface area contributed by atoms with E-state index < -0.39 is 26.7 Å². The minimum absolute atomic E-state index is 0.0546. The molecule has 100 valence electrons. The molecule has 5 nitrogen and oxygen atoms in total. The van der Waals surface area contributed by atoms with E-state index in [0.29, 0.717) is 0 Å². The van der Waals surface area contributed by atoms with E-state index in [-0.39, 0.29) is 12.6 Å². The van der Waals surface area contributed by atoms with Gasteiger partial charge in [-0.05, 0) is 19.8 Å². The zero-order chi connectivity index (χ0) is 12.9. The number of amides is 1. The Labute approximate surface area is 103 Å². The fourth-order valence-corrected chi connectivity index (χ4v) is 3.01. The van der Waals surface area contributed by atoms with Crippen molar-refractivity contribution in [1.82, 2.24) is 5.32 Å². The summed E-state index contributed by atoms with van der Waals surface area (Å²) in [7, 11) is -3.40. The Morgan fingerprint density at radius 1 is 1.35 bits per heavy atom. The fraction of sp³-hybridized carbons (Fsp3) is 0.909. The molecule has 1 saturated carbocycles. The molecule has 0 heterocycles. The molecule has 0 aromatic carbocycles. The lowest BCUT2D eigenvalue weighted by atomic mass is 9.95.